The average molecular weight is 417 g/mol. The van der Waals surface area contributed by atoms with Gasteiger partial charge in [0.15, 0.2) is 0 Å². The first-order chi connectivity index (χ1) is 14.7. The summed E-state index contributed by atoms with van der Waals surface area (Å²) in [5.74, 6) is 0. The molecule has 0 saturated heterocycles. The van der Waals surface area contributed by atoms with Crippen molar-refractivity contribution >= 4 is 33.6 Å². The predicted molar refractivity (Wildman–Crippen MR) is 128 cm³/mol. The fourth-order valence-electron chi connectivity index (χ4n) is 3.50. The largest absolute Gasteiger partial charge is 0.384 e. The molecule has 2 aromatic heterocycles. The highest BCUT2D eigenvalue weighted by Crippen LogP contribution is 2.37. The Kier molecular flexibility index (Phi) is 6.16. The number of nitrogens with one attached hydrogen (secondary N) is 1. The molecule has 6 heteroatoms. The number of anilines is 1. The second kappa shape index (κ2) is 9.15. The van der Waals surface area contributed by atoms with Gasteiger partial charge in [0.1, 0.15) is 5.69 Å². The van der Waals surface area contributed by atoms with Crippen LogP contribution in [-0.4, -0.2) is 37.1 Å². The van der Waals surface area contributed by atoms with Crippen LogP contribution >= 0.6 is 11.3 Å². The number of nitrogens with zero attached hydrogens (tertiary/aromatic N) is 3. The van der Waals surface area contributed by atoms with Crippen LogP contribution in [0.4, 0.5) is 11.4 Å². The lowest BCUT2D eigenvalue weighted by atomic mass is 10.0. The zero-order valence-corrected chi connectivity index (χ0v) is 17.9. The molecule has 0 amide bonds. The van der Waals surface area contributed by atoms with Crippen molar-refractivity contribution in [2.75, 3.05) is 32.5 Å². The number of rotatable bonds is 8. The molecule has 4 aromatic rings. The van der Waals surface area contributed by atoms with E-state index in [4.69, 9.17) is 4.98 Å². The Morgan fingerprint density at radius 2 is 1.87 bits per heavy atom. The van der Waals surface area contributed by atoms with E-state index in [0.717, 1.165) is 52.8 Å². The van der Waals surface area contributed by atoms with Crippen LogP contribution in [0, 0.1) is 4.91 Å². The van der Waals surface area contributed by atoms with Gasteiger partial charge in [-0.3, -0.25) is 4.98 Å². The van der Waals surface area contributed by atoms with Crippen molar-refractivity contribution in [1.82, 2.24) is 9.88 Å². The summed E-state index contributed by atoms with van der Waals surface area (Å²) in [6.07, 6.45) is 3.02. The molecule has 5 nitrogen and oxygen atoms in total. The average Bonchev–Trinajstić information content (AvgIpc) is 3.31. The van der Waals surface area contributed by atoms with Crippen molar-refractivity contribution in [2.45, 2.75) is 6.42 Å². The van der Waals surface area contributed by atoms with Gasteiger partial charge in [-0.1, -0.05) is 24.3 Å². The normalized spacial score (nSPS) is 11.2. The van der Waals surface area contributed by atoms with Gasteiger partial charge in [-0.25, -0.2) is 0 Å². The lowest BCUT2D eigenvalue weighted by molar-refractivity contribution is 0.405. The van der Waals surface area contributed by atoms with E-state index in [1.165, 1.54) is 4.88 Å². The van der Waals surface area contributed by atoms with Crippen molar-refractivity contribution in [2.24, 2.45) is 5.18 Å². The van der Waals surface area contributed by atoms with Gasteiger partial charge in [0.25, 0.3) is 0 Å². The monoisotopic (exact) mass is 416 g/mol. The lowest BCUT2D eigenvalue weighted by Gasteiger charge is -2.16. The topological polar surface area (TPSA) is 57.6 Å². The summed E-state index contributed by atoms with van der Waals surface area (Å²) >= 11 is 1.72. The summed E-state index contributed by atoms with van der Waals surface area (Å²) in [5, 5.41) is 9.86. The van der Waals surface area contributed by atoms with E-state index in [2.05, 4.69) is 65.2 Å². The highest BCUT2D eigenvalue weighted by atomic mass is 32.1. The predicted octanol–water partition coefficient (Wildman–Crippen LogP) is 6.39. The number of thiophene rings is 1. The third kappa shape index (κ3) is 4.40. The van der Waals surface area contributed by atoms with Gasteiger partial charge in [0.05, 0.1) is 11.2 Å². The highest BCUT2D eigenvalue weighted by Gasteiger charge is 2.13. The van der Waals surface area contributed by atoms with Crippen molar-refractivity contribution in [3.05, 3.63) is 71.1 Å². The van der Waals surface area contributed by atoms with Gasteiger partial charge in [-0.15, -0.1) is 16.2 Å². The van der Waals surface area contributed by atoms with Gasteiger partial charge < -0.3 is 10.2 Å². The summed E-state index contributed by atoms with van der Waals surface area (Å²) in [7, 11) is 4.19. The van der Waals surface area contributed by atoms with Crippen LogP contribution in [-0.2, 0) is 0 Å². The molecule has 0 atom stereocenters. The van der Waals surface area contributed by atoms with Crippen LogP contribution in [0.15, 0.2) is 71.4 Å². The molecule has 2 heterocycles. The van der Waals surface area contributed by atoms with Gasteiger partial charge in [-0.2, -0.15) is 0 Å². The summed E-state index contributed by atoms with van der Waals surface area (Å²) in [5.41, 5.74) is 5.77. The number of fused-ring (bicyclic) bond motifs is 1. The zero-order chi connectivity index (χ0) is 20.9. The quantitative estimate of drug-likeness (QED) is 0.267. The van der Waals surface area contributed by atoms with Crippen molar-refractivity contribution < 1.29 is 0 Å². The Morgan fingerprint density at radius 3 is 2.57 bits per heavy atom. The number of hydrogen-bond acceptors (Lipinski definition) is 6. The Hall–Kier alpha value is -3.09. The molecule has 0 spiro atoms. The van der Waals surface area contributed by atoms with Gasteiger partial charge in [0.2, 0.25) is 0 Å². The van der Waals surface area contributed by atoms with E-state index in [9.17, 15) is 4.91 Å². The number of aromatic nitrogens is 1. The molecule has 0 bridgehead atoms. The summed E-state index contributed by atoms with van der Waals surface area (Å²) in [6, 6.07) is 17.8. The third-order valence-electron chi connectivity index (χ3n) is 5.04. The molecule has 1 N–H and O–H groups in total. The zero-order valence-electron chi connectivity index (χ0n) is 17.1. The maximum Gasteiger partial charge on any atom is 0.108 e. The molecule has 152 valence electrons. The van der Waals surface area contributed by atoms with Crippen molar-refractivity contribution in [3.63, 3.8) is 0 Å². The van der Waals surface area contributed by atoms with Crippen LogP contribution in [0.1, 0.15) is 6.42 Å². The fraction of sp³-hybridized carbons (Fsp3) is 0.208. The standard InChI is InChI=1S/C24H24N4OS/c1-28(2)13-4-12-25-24-20-15-18(17-6-9-19(27-29)10-7-17)8-11-22(20)26-16-21(24)23-5-3-14-30-23/h3,5-11,14-16H,4,12-13H2,1-2H3,(H,25,26). The number of benzene rings is 2. The highest BCUT2D eigenvalue weighted by molar-refractivity contribution is 7.13. The maximum atomic E-state index is 10.7. The minimum absolute atomic E-state index is 0.435. The molecular formula is C24H24N4OS. The minimum atomic E-state index is 0.435. The molecule has 2 aromatic carbocycles. The van der Waals surface area contributed by atoms with Crippen LogP contribution in [0.5, 0.6) is 0 Å². The maximum absolute atomic E-state index is 10.7. The van der Waals surface area contributed by atoms with E-state index in [1.54, 1.807) is 23.5 Å². The molecule has 0 aliphatic carbocycles. The summed E-state index contributed by atoms with van der Waals surface area (Å²) < 4.78 is 0. The first-order valence-electron chi connectivity index (χ1n) is 9.95. The van der Waals surface area contributed by atoms with E-state index in [1.807, 2.05) is 18.3 Å². The molecule has 4 rings (SSSR count). The molecule has 0 fully saturated rings. The van der Waals surface area contributed by atoms with Gasteiger partial charge in [-0.05, 0) is 79.1 Å². The van der Waals surface area contributed by atoms with E-state index < -0.39 is 0 Å². The molecular weight excluding hydrogens is 392 g/mol. The van der Waals surface area contributed by atoms with Crippen molar-refractivity contribution in [1.29, 1.82) is 0 Å². The molecule has 0 saturated carbocycles. The first-order valence-corrected chi connectivity index (χ1v) is 10.8. The number of hydrogen-bond donors (Lipinski definition) is 1. The number of nitroso groups, excluding NO2 is 1. The van der Waals surface area contributed by atoms with Crippen LogP contribution in [0.3, 0.4) is 0 Å². The van der Waals surface area contributed by atoms with Crippen molar-refractivity contribution in [3.8, 4) is 21.6 Å². The van der Waals surface area contributed by atoms with Crippen LogP contribution in [0.2, 0.25) is 0 Å². The Bertz CT molecular complexity index is 1140. The lowest BCUT2D eigenvalue weighted by Crippen LogP contribution is -2.16. The second-order valence-electron chi connectivity index (χ2n) is 7.48. The first kappa shape index (κ1) is 20.2. The number of pyridine rings is 1. The van der Waals surface area contributed by atoms with E-state index in [0.29, 0.717) is 5.69 Å². The molecule has 0 aliphatic rings. The van der Waals surface area contributed by atoms with Gasteiger partial charge in [0, 0.05) is 28.6 Å². The third-order valence-corrected chi connectivity index (χ3v) is 5.95. The van der Waals surface area contributed by atoms with Crippen LogP contribution in [0.25, 0.3) is 32.5 Å². The minimum Gasteiger partial charge on any atom is -0.384 e. The Labute approximate surface area is 180 Å². The van der Waals surface area contributed by atoms with Gasteiger partial charge >= 0.3 is 0 Å². The van der Waals surface area contributed by atoms with Crippen LogP contribution < -0.4 is 5.32 Å². The fourth-order valence-corrected chi connectivity index (χ4v) is 4.25. The summed E-state index contributed by atoms with van der Waals surface area (Å²) in [4.78, 5) is 18.8. The summed E-state index contributed by atoms with van der Waals surface area (Å²) in [6.45, 7) is 1.92. The molecule has 0 radical (unpaired) electrons. The SMILES string of the molecule is CN(C)CCCNc1c(-c2cccs2)cnc2ccc(-c3ccc(N=O)cc3)cc12. The molecule has 30 heavy (non-hydrogen) atoms. The Balaban J connectivity index is 1.77. The Morgan fingerprint density at radius 1 is 1.07 bits per heavy atom. The van der Waals surface area contributed by atoms with E-state index >= 15 is 0 Å². The smallest absolute Gasteiger partial charge is 0.108 e. The van der Waals surface area contributed by atoms with E-state index in [-0.39, 0.29) is 0 Å². The second-order valence-corrected chi connectivity index (χ2v) is 8.43. The molecule has 0 unspecified atom stereocenters. The molecule has 0 aliphatic heterocycles.